The molecule has 0 amide bonds. The highest BCUT2D eigenvalue weighted by Gasteiger charge is 2.14. The smallest absolute Gasteiger partial charge is 0.328 e. The van der Waals surface area contributed by atoms with Crippen LogP contribution < -0.4 is 11.1 Å². The summed E-state index contributed by atoms with van der Waals surface area (Å²) in [5.41, 5.74) is 5.61. The molecule has 1 aromatic heterocycles. The summed E-state index contributed by atoms with van der Waals surface area (Å²) in [6.07, 6.45) is 0. The van der Waals surface area contributed by atoms with E-state index in [0.29, 0.717) is 17.5 Å². The molecule has 1 aromatic rings. The van der Waals surface area contributed by atoms with Crippen LogP contribution >= 0.6 is 0 Å². The number of nitrogen functional groups attached to an aromatic ring is 1. The van der Waals surface area contributed by atoms with Gasteiger partial charge in [-0.05, 0) is 6.92 Å². The van der Waals surface area contributed by atoms with Gasteiger partial charge in [0.1, 0.15) is 24.3 Å². The molecule has 0 spiro atoms. The summed E-state index contributed by atoms with van der Waals surface area (Å²) in [6, 6.07) is 1.03. The summed E-state index contributed by atoms with van der Waals surface area (Å²) in [4.78, 5) is 19.4. The van der Waals surface area contributed by atoms with E-state index in [-0.39, 0.29) is 12.6 Å². The number of aromatic nitrogens is 2. The van der Waals surface area contributed by atoms with E-state index in [1.807, 2.05) is 0 Å². The SMILES string of the molecule is COCc1nc(N)cc(NC(C)C(=O)OC)n1. The Morgan fingerprint density at radius 1 is 1.53 bits per heavy atom. The predicted molar refractivity (Wildman–Crippen MR) is 62.3 cm³/mol. The van der Waals surface area contributed by atoms with Crippen LogP contribution in [-0.2, 0) is 20.9 Å². The Kier molecular flexibility index (Phi) is 4.65. The van der Waals surface area contributed by atoms with Crippen LogP contribution in [0.4, 0.5) is 11.6 Å². The zero-order valence-corrected chi connectivity index (χ0v) is 10.1. The van der Waals surface area contributed by atoms with Crippen LogP contribution in [0.3, 0.4) is 0 Å². The number of nitrogens with two attached hydrogens (primary N) is 1. The number of esters is 1. The summed E-state index contributed by atoms with van der Waals surface area (Å²) in [5, 5.41) is 2.87. The number of rotatable bonds is 5. The molecule has 0 aliphatic carbocycles. The van der Waals surface area contributed by atoms with Crippen molar-refractivity contribution >= 4 is 17.6 Å². The summed E-state index contributed by atoms with van der Waals surface area (Å²) >= 11 is 0. The van der Waals surface area contributed by atoms with Crippen molar-refractivity contribution in [3.05, 3.63) is 11.9 Å². The third-order valence-corrected chi connectivity index (χ3v) is 1.98. The van der Waals surface area contributed by atoms with E-state index in [1.165, 1.54) is 14.2 Å². The summed E-state index contributed by atoms with van der Waals surface area (Å²) in [5.74, 6) is 0.844. The van der Waals surface area contributed by atoms with Crippen LogP contribution in [0.5, 0.6) is 0 Å². The Balaban J connectivity index is 2.80. The lowest BCUT2D eigenvalue weighted by Crippen LogP contribution is -2.27. The molecule has 94 valence electrons. The summed E-state index contributed by atoms with van der Waals surface area (Å²) < 4.78 is 9.50. The molecule has 1 unspecified atom stereocenters. The zero-order chi connectivity index (χ0) is 12.8. The first kappa shape index (κ1) is 13.2. The Labute approximate surface area is 99.3 Å². The molecule has 7 heteroatoms. The predicted octanol–water partition coefficient (Wildman–Crippen LogP) is 0.179. The maximum atomic E-state index is 11.2. The maximum Gasteiger partial charge on any atom is 0.328 e. The van der Waals surface area contributed by atoms with Crippen LogP contribution in [0.2, 0.25) is 0 Å². The van der Waals surface area contributed by atoms with Gasteiger partial charge in [-0.3, -0.25) is 0 Å². The zero-order valence-electron chi connectivity index (χ0n) is 10.1. The standard InChI is InChI=1S/C10H16N4O3/c1-6(10(15)17-3)12-8-4-7(11)13-9(14-8)5-16-2/h4,6H,5H2,1-3H3,(H3,11,12,13,14). The monoisotopic (exact) mass is 240 g/mol. The molecule has 0 fully saturated rings. The number of nitrogens with zero attached hydrogens (tertiary/aromatic N) is 2. The van der Waals surface area contributed by atoms with E-state index in [2.05, 4.69) is 20.0 Å². The van der Waals surface area contributed by atoms with E-state index >= 15 is 0 Å². The van der Waals surface area contributed by atoms with Crippen LogP contribution in [0.1, 0.15) is 12.7 Å². The van der Waals surface area contributed by atoms with Crippen molar-refractivity contribution in [3.63, 3.8) is 0 Å². The molecule has 1 rings (SSSR count). The van der Waals surface area contributed by atoms with Gasteiger partial charge in [-0.2, -0.15) is 0 Å². The topological polar surface area (TPSA) is 99.4 Å². The molecule has 0 aliphatic rings. The lowest BCUT2D eigenvalue weighted by Gasteiger charge is -2.13. The van der Waals surface area contributed by atoms with Gasteiger partial charge in [0.2, 0.25) is 0 Å². The van der Waals surface area contributed by atoms with Crippen molar-refractivity contribution in [3.8, 4) is 0 Å². The van der Waals surface area contributed by atoms with Crippen LogP contribution in [-0.4, -0.2) is 36.2 Å². The number of methoxy groups -OCH3 is 2. The molecule has 17 heavy (non-hydrogen) atoms. The fourth-order valence-electron chi connectivity index (χ4n) is 1.24. The second-order valence-electron chi connectivity index (χ2n) is 3.42. The molecule has 0 saturated carbocycles. The van der Waals surface area contributed by atoms with E-state index in [4.69, 9.17) is 10.5 Å². The lowest BCUT2D eigenvalue weighted by molar-refractivity contribution is -0.141. The third kappa shape index (κ3) is 3.87. The fraction of sp³-hybridized carbons (Fsp3) is 0.500. The first-order valence-corrected chi connectivity index (χ1v) is 5.03. The number of nitrogens with one attached hydrogen (secondary N) is 1. The number of hydrogen-bond acceptors (Lipinski definition) is 7. The average Bonchev–Trinajstić information content (AvgIpc) is 2.27. The first-order valence-electron chi connectivity index (χ1n) is 5.03. The van der Waals surface area contributed by atoms with Crippen molar-refractivity contribution in [1.82, 2.24) is 9.97 Å². The van der Waals surface area contributed by atoms with Gasteiger partial charge >= 0.3 is 5.97 Å². The summed E-state index contributed by atoms with van der Waals surface area (Å²) in [7, 11) is 2.86. The van der Waals surface area contributed by atoms with E-state index in [9.17, 15) is 4.79 Å². The van der Waals surface area contributed by atoms with Crippen molar-refractivity contribution in [2.24, 2.45) is 0 Å². The highest BCUT2D eigenvalue weighted by molar-refractivity contribution is 5.78. The maximum absolute atomic E-state index is 11.2. The quantitative estimate of drug-likeness (QED) is 0.708. The van der Waals surface area contributed by atoms with E-state index in [1.54, 1.807) is 13.0 Å². The molecule has 0 aliphatic heterocycles. The average molecular weight is 240 g/mol. The van der Waals surface area contributed by atoms with Crippen molar-refractivity contribution in [2.75, 3.05) is 25.3 Å². The highest BCUT2D eigenvalue weighted by Crippen LogP contribution is 2.10. The largest absolute Gasteiger partial charge is 0.467 e. The number of ether oxygens (including phenoxy) is 2. The van der Waals surface area contributed by atoms with Gasteiger partial charge in [-0.25, -0.2) is 14.8 Å². The Bertz CT molecular complexity index is 397. The molecule has 0 aromatic carbocycles. The minimum absolute atomic E-state index is 0.256. The Morgan fingerprint density at radius 3 is 2.82 bits per heavy atom. The van der Waals surface area contributed by atoms with Crippen molar-refractivity contribution < 1.29 is 14.3 Å². The van der Waals surface area contributed by atoms with E-state index < -0.39 is 6.04 Å². The van der Waals surface area contributed by atoms with Crippen LogP contribution in [0.15, 0.2) is 6.07 Å². The van der Waals surface area contributed by atoms with Gasteiger partial charge < -0.3 is 20.5 Å². The fourth-order valence-corrected chi connectivity index (χ4v) is 1.24. The number of hydrogen-bond donors (Lipinski definition) is 2. The Morgan fingerprint density at radius 2 is 2.24 bits per heavy atom. The third-order valence-electron chi connectivity index (χ3n) is 1.98. The van der Waals surface area contributed by atoms with Crippen LogP contribution in [0.25, 0.3) is 0 Å². The normalized spacial score (nSPS) is 11.9. The first-order chi connectivity index (χ1) is 8.06. The molecule has 1 heterocycles. The Hall–Kier alpha value is -1.89. The molecular weight excluding hydrogens is 224 g/mol. The minimum atomic E-state index is -0.510. The molecule has 3 N–H and O–H groups in total. The van der Waals surface area contributed by atoms with Gasteiger partial charge in [-0.1, -0.05) is 0 Å². The van der Waals surface area contributed by atoms with E-state index in [0.717, 1.165) is 0 Å². The van der Waals surface area contributed by atoms with Gasteiger partial charge in [0.15, 0.2) is 5.82 Å². The minimum Gasteiger partial charge on any atom is -0.467 e. The number of carbonyl (C=O) groups excluding carboxylic acids is 1. The van der Waals surface area contributed by atoms with Gasteiger partial charge in [0, 0.05) is 13.2 Å². The van der Waals surface area contributed by atoms with Gasteiger partial charge in [0.05, 0.1) is 7.11 Å². The van der Waals surface area contributed by atoms with Crippen molar-refractivity contribution in [2.45, 2.75) is 19.6 Å². The van der Waals surface area contributed by atoms with Crippen molar-refractivity contribution in [1.29, 1.82) is 0 Å². The second-order valence-corrected chi connectivity index (χ2v) is 3.42. The highest BCUT2D eigenvalue weighted by atomic mass is 16.5. The summed E-state index contributed by atoms with van der Waals surface area (Å²) in [6.45, 7) is 1.92. The number of anilines is 2. The molecule has 1 atom stereocenters. The molecular formula is C10H16N4O3. The van der Waals surface area contributed by atoms with Crippen LogP contribution in [0, 0.1) is 0 Å². The van der Waals surface area contributed by atoms with Gasteiger partial charge in [-0.15, -0.1) is 0 Å². The lowest BCUT2D eigenvalue weighted by atomic mass is 10.3. The molecule has 0 saturated heterocycles. The molecule has 7 nitrogen and oxygen atoms in total. The molecule has 0 bridgehead atoms. The second kappa shape index (κ2) is 6.00. The number of carbonyl (C=O) groups is 1. The molecule has 0 radical (unpaired) electrons. The van der Waals surface area contributed by atoms with Gasteiger partial charge in [0.25, 0.3) is 0 Å².